The van der Waals surface area contributed by atoms with Gasteiger partial charge in [0.15, 0.2) is 5.11 Å². The predicted octanol–water partition coefficient (Wildman–Crippen LogP) is 3.64. The Morgan fingerprint density at radius 3 is 2.76 bits per heavy atom. The van der Waals surface area contributed by atoms with Crippen molar-refractivity contribution >= 4 is 39.2 Å². The van der Waals surface area contributed by atoms with Crippen LogP contribution in [0.3, 0.4) is 0 Å². The summed E-state index contributed by atoms with van der Waals surface area (Å²) in [7, 11) is 0. The van der Waals surface area contributed by atoms with Crippen LogP contribution in [0.25, 0.3) is 0 Å². The van der Waals surface area contributed by atoms with Gasteiger partial charge in [0.25, 0.3) is 5.91 Å². The highest BCUT2D eigenvalue weighted by Gasteiger charge is 2.14. The topological polar surface area (TPSA) is 50.4 Å². The molecule has 0 bridgehead atoms. The summed E-state index contributed by atoms with van der Waals surface area (Å²) < 4.78 is 6.42. The maximum absolute atomic E-state index is 12.3. The molecule has 1 amide bonds. The van der Waals surface area contributed by atoms with Crippen LogP contribution < -0.4 is 15.4 Å². The van der Waals surface area contributed by atoms with Gasteiger partial charge in [0, 0.05) is 11.0 Å². The van der Waals surface area contributed by atoms with Crippen LogP contribution >= 0.6 is 28.1 Å². The van der Waals surface area contributed by atoms with Crippen LogP contribution in [0.4, 0.5) is 0 Å². The van der Waals surface area contributed by atoms with E-state index < -0.39 is 0 Å². The molecule has 1 rings (SSSR count). The average Bonchev–Trinajstić information content (AvgIpc) is 2.46. The fourth-order valence-electron chi connectivity index (χ4n) is 1.61. The second-order valence-electron chi connectivity index (χ2n) is 4.55. The zero-order valence-corrected chi connectivity index (χ0v) is 14.8. The van der Waals surface area contributed by atoms with E-state index in [2.05, 4.69) is 33.5 Å². The number of benzene rings is 1. The first-order chi connectivity index (χ1) is 10.1. The number of halogens is 1. The average molecular weight is 373 g/mol. The van der Waals surface area contributed by atoms with E-state index in [-0.39, 0.29) is 5.91 Å². The fraction of sp³-hybridized carbons (Fsp3) is 0.467. The van der Waals surface area contributed by atoms with E-state index in [1.165, 1.54) is 0 Å². The third kappa shape index (κ3) is 6.44. The lowest BCUT2D eigenvalue weighted by Crippen LogP contribution is -2.39. The molecule has 0 aliphatic rings. The van der Waals surface area contributed by atoms with Crippen molar-refractivity contribution in [1.29, 1.82) is 0 Å². The number of carbonyl (C=O) groups excluding carboxylic acids is 1. The van der Waals surface area contributed by atoms with Crippen LogP contribution in [0.15, 0.2) is 22.7 Å². The van der Waals surface area contributed by atoms with Gasteiger partial charge in [0.1, 0.15) is 5.75 Å². The minimum Gasteiger partial charge on any atom is -0.493 e. The summed E-state index contributed by atoms with van der Waals surface area (Å²) in [5.74, 6) is 0.297. The first-order valence-electron chi connectivity index (χ1n) is 7.10. The van der Waals surface area contributed by atoms with Crippen molar-refractivity contribution in [2.75, 3.05) is 13.2 Å². The molecule has 116 valence electrons. The first kappa shape index (κ1) is 17.9. The van der Waals surface area contributed by atoms with Crippen LogP contribution in [-0.4, -0.2) is 24.2 Å². The number of nitrogens with one attached hydrogen (secondary N) is 2. The summed E-state index contributed by atoms with van der Waals surface area (Å²) in [4.78, 5) is 12.3. The van der Waals surface area contributed by atoms with Gasteiger partial charge in [-0.15, -0.1) is 0 Å². The van der Waals surface area contributed by atoms with Crippen LogP contribution in [0.1, 0.15) is 43.5 Å². The highest BCUT2D eigenvalue weighted by Crippen LogP contribution is 2.23. The van der Waals surface area contributed by atoms with Crippen LogP contribution in [0.2, 0.25) is 0 Å². The number of unbranched alkanes of at least 4 members (excludes halogenated alkanes) is 1. The molecule has 0 heterocycles. The number of carbonyl (C=O) groups is 1. The Hall–Kier alpha value is -1.14. The third-order valence-corrected chi connectivity index (χ3v) is 3.43. The Bertz CT molecular complexity index is 495. The second kappa shape index (κ2) is 9.73. The molecule has 0 atom stereocenters. The highest BCUT2D eigenvalue weighted by molar-refractivity contribution is 9.10. The second-order valence-corrected chi connectivity index (χ2v) is 5.88. The van der Waals surface area contributed by atoms with E-state index in [9.17, 15) is 4.79 Å². The van der Waals surface area contributed by atoms with Crippen LogP contribution in [0, 0.1) is 0 Å². The van der Waals surface area contributed by atoms with Gasteiger partial charge in [-0.25, -0.2) is 0 Å². The largest absolute Gasteiger partial charge is 0.493 e. The molecule has 1 aromatic rings. The molecule has 21 heavy (non-hydrogen) atoms. The van der Waals surface area contributed by atoms with Crippen molar-refractivity contribution in [3.8, 4) is 5.75 Å². The zero-order valence-electron chi connectivity index (χ0n) is 12.4. The van der Waals surface area contributed by atoms with Crippen molar-refractivity contribution in [2.24, 2.45) is 0 Å². The summed E-state index contributed by atoms with van der Waals surface area (Å²) in [6.07, 6.45) is 2.97. The number of hydrogen-bond acceptors (Lipinski definition) is 3. The summed E-state index contributed by atoms with van der Waals surface area (Å²) >= 11 is 8.48. The lowest BCUT2D eigenvalue weighted by Gasteiger charge is -2.13. The van der Waals surface area contributed by atoms with Gasteiger partial charge in [0.2, 0.25) is 0 Å². The molecule has 1 aromatic carbocycles. The zero-order chi connectivity index (χ0) is 15.7. The molecule has 0 aliphatic heterocycles. The van der Waals surface area contributed by atoms with E-state index in [1.54, 1.807) is 12.1 Å². The standard InChI is InChI=1S/C15H21BrN2O2S/c1-3-5-8-17-15(21)18-14(19)12-10-11(16)6-7-13(12)20-9-4-2/h6-7,10H,3-5,8-9H2,1-2H3,(H2,17,18,19,21). The maximum atomic E-state index is 12.3. The summed E-state index contributed by atoms with van der Waals surface area (Å²) in [5, 5.41) is 6.03. The van der Waals surface area contributed by atoms with Crippen LogP contribution in [0.5, 0.6) is 5.75 Å². The molecule has 4 nitrogen and oxygen atoms in total. The maximum Gasteiger partial charge on any atom is 0.261 e. The molecule has 0 aromatic heterocycles. The lowest BCUT2D eigenvalue weighted by atomic mass is 10.2. The van der Waals surface area contributed by atoms with Gasteiger partial charge in [-0.3, -0.25) is 10.1 Å². The molecule has 0 saturated carbocycles. The molecular formula is C15H21BrN2O2S. The van der Waals surface area contributed by atoms with Gasteiger partial charge in [-0.1, -0.05) is 36.2 Å². The smallest absolute Gasteiger partial charge is 0.261 e. The van der Waals surface area contributed by atoms with Crippen molar-refractivity contribution in [3.63, 3.8) is 0 Å². The number of thiocarbonyl (C=S) groups is 1. The molecule has 6 heteroatoms. The van der Waals surface area contributed by atoms with E-state index in [4.69, 9.17) is 17.0 Å². The molecule has 0 fully saturated rings. The molecule has 0 saturated heterocycles. The van der Waals surface area contributed by atoms with Crippen LogP contribution in [-0.2, 0) is 0 Å². The molecule has 2 N–H and O–H groups in total. The van der Waals surface area contributed by atoms with E-state index in [0.29, 0.717) is 23.0 Å². The SMILES string of the molecule is CCCCNC(=S)NC(=O)c1cc(Br)ccc1OCCC. The third-order valence-electron chi connectivity index (χ3n) is 2.69. The number of ether oxygens (including phenoxy) is 1. The Morgan fingerprint density at radius 1 is 1.33 bits per heavy atom. The Morgan fingerprint density at radius 2 is 2.10 bits per heavy atom. The quantitative estimate of drug-likeness (QED) is 0.566. The van der Waals surface area contributed by atoms with Crippen molar-refractivity contribution in [2.45, 2.75) is 33.1 Å². The van der Waals surface area contributed by atoms with Gasteiger partial charge in [0.05, 0.1) is 12.2 Å². The fourth-order valence-corrected chi connectivity index (χ4v) is 2.17. The van der Waals surface area contributed by atoms with Gasteiger partial charge in [-0.05, 0) is 43.3 Å². The Labute approximate surface area is 139 Å². The van der Waals surface area contributed by atoms with E-state index >= 15 is 0 Å². The first-order valence-corrected chi connectivity index (χ1v) is 8.30. The van der Waals surface area contributed by atoms with Crippen molar-refractivity contribution in [3.05, 3.63) is 28.2 Å². The lowest BCUT2D eigenvalue weighted by molar-refractivity contribution is 0.0972. The van der Waals surface area contributed by atoms with Gasteiger partial charge < -0.3 is 10.1 Å². The summed E-state index contributed by atoms with van der Waals surface area (Å²) in [6, 6.07) is 5.36. The highest BCUT2D eigenvalue weighted by atomic mass is 79.9. The summed E-state index contributed by atoms with van der Waals surface area (Å²) in [5.41, 5.74) is 0.470. The van der Waals surface area contributed by atoms with E-state index in [0.717, 1.165) is 30.3 Å². The number of amides is 1. The monoisotopic (exact) mass is 372 g/mol. The molecular weight excluding hydrogens is 352 g/mol. The Balaban J connectivity index is 2.71. The number of hydrogen-bond donors (Lipinski definition) is 2. The minimum absolute atomic E-state index is 0.267. The van der Waals surface area contributed by atoms with Crippen molar-refractivity contribution < 1.29 is 9.53 Å². The molecule has 0 aliphatic carbocycles. The molecule has 0 unspecified atom stereocenters. The van der Waals surface area contributed by atoms with Gasteiger partial charge in [-0.2, -0.15) is 0 Å². The molecule has 0 spiro atoms. The Kier molecular flexibility index (Phi) is 8.30. The molecule has 0 radical (unpaired) electrons. The predicted molar refractivity (Wildman–Crippen MR) is 92.9 cm³/mol. The number of rotatable bonds is 7. The van der Waals surface area contributed by atoms with Gasteiger partial charge >= 0.3 is 0 Å². The van der Waals surface area contributed by atoms with Crippen molar-refractivity contribution in [1.82, 2.24) is 10.6 Å². The normalized spacial score (nSPS) is 10.0. The minimum atomic E-state index is -0.267. The van der Waals surface area contributed by atoms with E-state index in [1.807, 2.05) is 13.0 Å². The summed E-state index contributed by atoms with van der Waals surface area (Å²) in [6.45, 7) is 5.45.